The van der Waals surface area contributed by atoms with Gasteiger partial charge in [0.05, 0.1) is 12.3 Å². The summed E-state index contributed by atoms with van der Waals surface area (Å²) in [6, 6.07) is 5.21. The lowest BCUT2D eigenvalue weighted by atomic mass is 9.86. The number of nitrogens with zero attached hydrogens (tertiary/aromatic N) is 1. The van der Waals surface area contributed by atoms with E-state index < -0.39 is 0 Å². The van der Waals surface area contributed by atoms with E-state index in [9.17, 15) is 0 Å². The van der Waals surface area contributed by atoms with Gasteiger partial charge in [0.2, 0.25) is 0 Å². The van der Waals surface area contributed by atoms with Crippen molar-refractivity contribution in [3.63, 3.8) is 0 Å². The summed E-state index contributed by atoms with van der Waals surface area (Å²) in [5.41, 5.74) is 6.10. The first-order valence-corrected chi connectivity index (χ1v) is 6.16. The first-order valence-electron chi connectivity index (χ1n) is 6.16. The van der Waals surface area contributed by atoms with Gasteiger partial charge in [-0.25, -0.2) is 0 Å². The smallest absolute Gasteiger partial charge is 0.120 e. The van der Waals surface area contributed by atoms with Crippen LogP contribution >= 0.6 is 0 Å². The van der Waals surface area contributed by atoms with E-state index in [0.717, 1.165) is 18.7 Å². The molecule has 1 aliphatic heterocycles. The van der Waals surface area contributed by atoms with Gasteiger partial charge < -0.3 is 10.2 Å². The molecule has 16 heavy (non-hydrogen) atoms. The molecule has 1 aliphatic rings. The fourth-order valence-electron chi connectivity index (χ4n) is 2.66. The standard InChI is InChI=1S/C13H22N2O/c1-9-10(2)15(7-6-12(9)14)11(3)13-5-4-8-16-13/h4-5,8-12H,6-7,14H2,1-3H3. The van der Waals surface area contributed by atoms with E-state index >= 15 is 0 Å². The third-order valence-corrected chi connectivity index (χ3v) is 4.13. The van der Waals surface area contributed by atoms with Crippen molar-refractivity contribution in [2.75, 3.05) is 6.54 Å². The second-order valence-electron chi connectivity index (χ2n) is 4.98. The second kappa shape index (κ2) is 4.60. The third-order valence-electron chi connectivity index (χ3n) is 4.13. The van der Waals surface area contributed by atoms with Gasteiger partial charge in [-0.1, -0.05) is 6.92 Å². The van der Waals surface area contributed by atoms with Crippen LogP contribution in [0.5, 0.6) is 0 Å². The molecule has 90 valence electrons. The van der Waals surface area contributed by atoms with Crippen molar-refractivity contribution in [1.82, 2.24) is 4.90 Å². The first kappa shape index (κ1) is 11.7. The summed E-state index contributed by atoms with van der Waals surface area (Å²) < 4.78 is 5.49. The van der Waals surface area contributed by atoms with Gasteiger partial charge in [-0.15, -0.1) is 0 Å². The van der Waals surface area contributed by atoms with Crippen molar-refractivity contribution in [1.29, 1.82) is 0 Å². The van der Waals surface area contributed by atoms with E-state index in [-0.39, 0.29) is 0 Å². The predicted molar refractivity (Wildman–Crippen MR) is 65.0 cm³/mol. The lowest BCUT2D eigenvalue weighted by molar-refractivity contribution is 0.0541. The number of likely N-dealkylation sites (tertiary alicyclic amines) is 1. The molecule has 3 nitrogen and oxygen atoms in total. The Kier molecular flexibility index (Phi) is 3.36. The SMILES string of the molecule is CC1C(N)CCN(C(C)c2ccco2)C1C. The van der Waals surface area contributed by atoms with E-state index in [0.29, 0.717) is 24.0 Å². The molecule has 1 aromatic heterocycles. The molecule has 2 rings (SSSR count). The Morgan fingerprint density at radius 2 is 2.25 bits per heavy atom. The molecule has 0 radical (unpaired) electrons. The minimum atomic E-state index is 0.343. The Hall–Kier alpha value is -0.800. The van der Waals surface area contributed by atoms with Crippen LogP contribution in [0, 0.1) is 5.92 Å². The summed E-state index contributed by atoms with van der Waals surface area (Å²) in [7, 11) is 0. The summed E-state index contributed by atoms with van der Waals surface area (Å²) >= 11 is 0. The highest BCUT2D eigenvalue weighted by atomic mass is 16.3. The molecule has 0 aromatic carbocycles. The molecule has 0 saturated carbocycles. The molecule has 4 atom stereocenters. The average molecular weight is 222 g/mol. The molecule has 0 spiro atoms. The highest BCUT2D eigenvalue weighted by Gasteiger charge is 2.33. The number of furan rings is 1. The molecular weight excluding hydrogens is 200 g/mol. The van der Waals surface area contributed by atoms with Crippen LogP contribution in [0.1, 0.15) is 39.0 Å². The van der Waals surface area contributed by atoms with Gasteiger partial charge in [0.1, 0.15) is 5.76 Å². The molecule has 2 N–H and O–H groups in total. The molecule has 2 heterocycles. The number of hydrogen-bond acceptors (Lipinski definition) is 3. The fraction of sp³-hybridized carbons (Fsp3) is 0.692. The summed E-state index contributed by atoms with van der Waals surface area (Å²) in [6.07, 6.45) is 2.83. The molecule has 1 fully saturated rings. The van der Waals surface area contributed by atoms with Crippen LogP contribution in [-0.2, 0) is 0 Å². The fourth-order valence-corrected chi connectivity index (χ4v) is 2.66. The second-order valence-corrected chi connectivity index (χ2v) is 4.98. The lowest BCUT2D eigenvalue weighted by Gasteiger charge is -2.43. The quantitative estimate of drug-likeness (QED) is 0.835. The maximum absolute atomic E-state index is 6.10. The van der Waals surface area contributed by atoms with Crippen LogP contribution in [0.2, 0.25) is 0 Å². The molecule has 4 unspecified atom stereocenters. The highest BCUT2D eigenvalue weighted by Crippen LogP contribution is 2.30. The molecule has 0 bridgehead atoms. The zero-order valence-corrected chi connectivity index (χ0v) is 10.4. The Morgan fingerprint density at radius 1 is 1.50 bits per heavy atom. The number of piperidine rings is 1. The van der Waals surface area contributed by atoms with Crippen LogP contribution < -0.4 is 5.73 Å². The molecular formula is C13H22N2O. The van der Waals surface area contributed by atoms with Crippen molar-refractivity contribution in [3.8, 4) is 0 Å². The topological polar surface area (TPSA) is 42.4 Å². The van der Waals surface area contributed by atoms with Crippen molar-refractivity contribution in [3.05, 3.63) is 24.2 Å². The van der Waals surface area contributed by atoms with Gasteiger partial charge in [0.15, 0.2) is 0 Å². The van der Waals surface area contributed by atoms with Gasteiger partial charge in [0.25, 0.3) is 0 Å². The van der Waals surface area contributed by atoms with E-state index in [1.807, 2.05) is 6.07 Å². The zero-order chi connectivity index (χ0) is 11.7. The van der Waals surface area contributed by atoms with Crippen LogP contribution in [0.4, 0.5) is 0 Å². The lowest BCUT2D eigenvalue weighted by Crippen LogP contribution is -2.52. The van der Waals surface area contributed by atoms with E-state index in [4.69, 9.17) is 10.2 Å². The van der Waals surface area contributed by atoms with Gasteiger partial charge in [-0.3, -0.25) is 4.90 Å². The Labute approximate surface area is 97.6 Å². The minimum Gasteiger partial charge on any atom is -0.468 e. The van der Waals surface area contributed by atoms with Gasteiger partial charge in [-0.2, -0.15) is 0 Å². The summed E-state index contributed by atoms with van der Waals surface area (Å²) in [6.45, 7) is 7.78. The molecule has 0 aliphatic carbocycles. The molecule has 0 amide bonds. The van der Waals surface area contributed by atoms with E-state index in [2.05, 4.69) is 31.7 Å². The number of nitrogens with two attached hydrogens (primary N) is 1. The summed E-state index contributed by atoms with van der Waals surface area (Å²) in [4.78, 5) is 2.49. The largest absolute Gasteiger partial charge is 0.468 e. The van der Waals surface area contributed by atoms with Gasteiger partial charge in [-0.05, 0) is 38.3 Å². The van der Waals surface area contributed by atoms with Crippen LogP contribution in [0.25, 0.3) is 0 Å². The Balaban J connectivity index is 2.10. The minimum absolute atomic E-state index is 0.343. The van der Waals surface area contributed by atoms with E-state index in [1.54, 1.807) is 6.26 Å². The molecule has 1 saturated heterocycles. The average Bonchev–Trinajstić information content (AvgIpc) is 2.79. The van der Waals surface area contributed by atoms with Crippen molar-refractivity contribution < 1.29 is 4.42 Å². The van der Waals surface area contributed by atoms with Crippen LogP contribution in [-0.4, -0.2) is 23.5 Å². The molecule has 3 heteroatoms. The highest BCUT2D eigenvalue weighted by molar-refractivity contribution is 5.05. The van der Waals surface area contributed by atoms with Crippen LogP contribution in [0.15, 0.2) is 22.8 Å². The normalized spacial score (nSPS) is 33.9. The predicted octanol–water partition coefficient (Wildman–Crippen LogP) is 2.40. The van der Waals surface area contributed by atoms with Gasteiger partial charge in [0, 0.05) is 18.6 Å². The first-order chi connectivity index (χ1) is 7.61. The molecule has 1 aromatic rings. The summed E-state index contributed by atoms with van der Waals surface area (Å²) in [5, 5.41) is 0. The van der Waals surface area contributed by atoms with Crippen LogP contribution in [0.3, 0.4) is 0 Å². The van der Waals surface area contributed by atoms with E-state index in [1.165, 1.54) is 0 Å². The third kappa shape index (κ3) is 2.02. The number of hydrogen-bond donors (Lipinski definition) is 1. The van der Waals surface area contributed by atoms with Crippen molar-refractivity contribution >= 4 is 0 Å². The number of rotatable bonds is 2. The van der Waals surface area contributed by atoms with Gasteiger partial charge >= 0.3 is 0 Å². The Morgan fingerprint density at radius 3 is 2.88 bits per heavy atom. The van der Waals surface area contributed by atoms with Crippen molar-refractivity contribution in [2.24, 2.45) is 11.7 Å². The maximum atomic E-state index is 6.10. The summed E-state index contributed by atoms with van der Waals surface area (Å²) in [5.74, 6) is 1.60. The Bertz CT molecular complexity index is 323. The monoisotopic (exact) mass is 222 g/mol. The zero-order valence-electron chi connectivity index (χ0n) is 10.4. The van der Waals surface area contributed by atoms with Crippen molar-refractivity contribution in [2.45, 2.75) is 45.3 Å². The maximum Gasteiger partial charge on any atom is 0.120 e.